The number of primary amides is 1. The lowest BCUT2D eigenvalue weighted by molar-refractivity contribution is -0.122. The minimum Gasteiger partial charge on any atom is -0.437 e. The Kier molecular flexibility index (Phi) is 5.22. The van der Waals surface area contributed by atoms with Crippen molar-refractivity contribution in [3.05, 3.63) is 11.5 Å². The van der Waals surface area contributed by atoms with Crippen molar-refractivity contribution in [2.45, 2.75) is 44.9 Å². The van der Waals surface area contributed by atoms with Gasteiger partial charge in [0.2, 0.25) is 5.91 Å². The zero-order chi connectivity index (χ0) is 13.8. The van der Waals surface area contributed by atoms with Gasteiger partial charge in [0.1, 0.15) is 11.3 Å². The highest BCUT2D eigenvalue weighted by Gasteiger charge is 2.31. The van der Waals surface area contributed by atoms with E-state index >= 15 is 0 Å². The van der Waals surface area contributed by atoms with Gasteiger partial charge in [-0.3, -0.25) is 4.79 Å². The minimum absolute atomic E-state index is 0.358. The average molecular weight is 271 g/mol. The summed E-state index contributed by atoms with van der Waals surface area (Å²) >= 11 is 1.40. The van der Waals surface area contributed by atoms with E-state index in [0.29, 0.717) is 11.0 Å². The number of amides is 1. The number of rotatable bonds is 7. The lowest BCUT2D eigenvalue weighted by Crippen LogP contribution is -2.55. The second-order valence-corrected chi connectivity index (χ2v) is 5.46. The van der Waals surface area contributed by atoms with E-state index in [2.05, 4.69) is 10.3 Å². The molecule has 0 aliphatic rings. The predicted molar refractivity (Wildman–Crippen MR) is 72.6 cm³/mol. The van der Waals surface area contributed by atoms with E-state index in [1.807, 2.05) is 20.8 Å². The van der Waals surface area contributed by atoms with Crippen molar-refractivity contribution in [2.24, 2.45) is 5.73 Å². The first-order valence-corrected chi connectivity index (χ1v) is 6.99. The molecule has 0 radical (unpaired) electrons. The summed E-state index contributed by atoms with van der Waals surface area (Å²) in [7, 11) is 0. The molecule has 1 heterocycles. The van der Waals surface area contributed by atoms with Gasteiger partial charge in [0.05, 0.1) is 5.69 Å². The van der Waals surface area contributed by atoms with Crippen LogP contribution in [0.5, 0.6) is 0 Å². The van der Waals surface area contributed by atoms with Crippen LogP contribution in [0.15, 0.2) is 9.64 Å². The van der Waals surface area contributed by atoms with E-state index in [-0.39, 0.29) is 5.91 Å². The molecular formula is C12H21N3O2S. The molecule has 0 spiro atoms. The number of nitrogens with one attached hydrogen (secondary N) is 1. The minimum atomic E-state index is -0.739. The Balaban J connectivity index is 2.64. The van der Waals surface area contributed by atoms with Crippen LogP contribution in [-0.4, -0.2) is 28.7 Å². The lowest BCUT2D eigenvalue weighted by Gasteiger charge is -2.26. The standard InChI is InChI=1S/C12H21N3O2S/c1-5-6-14-12(4,10(13)16)7-18-11-15-8(2)9(3)17-11/h14H,5-7H2,1-4H3,(H2,13,16). The number of carbonyl (C=O) groups is 1. The molecule has 1 unspecified atom stereocenters. The first kappa shape index (κ1) is 15.0. The molecule has 0 aliphatic carbocycles. The van der Waals surface area contributed by atoms with Crippen LogP contribution in [0.1, 0.15) is 31.7 Å². The highest BCUT2D eigenvalue weighted by atomic mass is 32.2. The van der Waals surface area contributed by atoms with Gasteiger partial charge in [-0.1, -0.05) is 18.7 Å². The Labute approximate surface area is 112 Å². The zero-order valence-corrected chi connectivity index (χ0v) is 12.2. The fraction of sp³-hybridized carbons (Fsp3) is 0.667. The second-order valence-electron chi connectivity index (χ2n) is 4.53. The van der Waals surface area contributed by atoms with Gasteiger partial charge in [0.15, 0.2) is 0 Å². The van der Waals surface area contributed by atoms with Gasteiger partial charge in [0, 0.05) is 5.75 Å². The number of hydrogen-bond donors (Lipinski definition) is 2. The summed E-state index contributed by atoms with van der Waals surface area (Å²) in [5, 5.41) is 3.75. The highest BCUT2D eigenvalue weighted by molar-refractivity contribution is 7.99. The number of carbonyl (C=O) groups excluding carboxylic acids is 1. The number of oxazole rings is 1. The molecule has 1 rings (SSSR count). The van der Waals surface area contributed by atoms with Crippen LogP contribution >= 0.6 is 11.8 Å². The van der Waals surface area contributed by atoms with E-state index in [1.165, 1.54) is 11.8 Å². The first-order valence-electron chi connectivity index (χ1n) is 6.01. The summed E-state index contributed by atoms with van der Waals surface area (Å²) in [6, 6.07) is 0. The van der Waals surface area contributed by atoms with Crippen LogP contribution in [-0.2, 0) is 4.79 Å². The summed E-state index contributed by atoms with van der Waals surface area (Å²) in [4.78, 5) is 15.8. The summed E-state index contributed by atoms with van der Waals surface area (Å²) in [5.74, 6) is 0.949. The maximum absolute atomic E-state index is 11.5. The number of nitrogens with zero attached hydrogens (tertiary/aromatic N) is 1. The average Bonchev–Trinajstić information content (AvgIpc) is 2.63. The number of thioether (sulfide) groups is 1. The fourth-order valence-electron chi connectivity index (χ4n) is 1.32. The van der Waals surface area contributed by atoms with Crippen molar-refractivity contribution in [2.75, 3.05) is 12.3 Å². The maximum Gasteiger partial charge on any atom is 0.256 e. The molecule has 0 fully saturated rings. The van der Waals surface area contributed by atoms with Gasteiger partial charge in [0.25, 0.3) is 5.22 Å². The molecule has 1 amide bonds. The molecule has 0 saturated heterocycles. The van der Waals surface area contributed by atoms with Gasteiger partial charge in [-0.05, 0) is 33.7 Å². The van der Waals surface area contributed by atoms with Crippen molar-refractivity contribution >= 4 is 17.7 Å². The Hall–Kier alpha value is -1.01. The third kappa shape index (κ3) is 3.74. The third-order valence-electron chi connectivity index (χ3n) is 2.80. The Morgan fingerprint density at radius 3 is 2.67 bits per heavy atom. The molecule has 1 atom stereocenters. The van der Waals surface area contributed by atoms with Crippen molar-refractivity contribution in [1.82, 2.24) is 10.3 Å². The van der Waals surface area contributed by atoms with Gasteiger partial charge < -0.3 is 15.5 Å². The van der Waals surface area contributed by atoms with E-state index in [4.69, 9.17) is 10.2 Å². The van der Waals surface area contributed by atoms with Crippen LogP contribution in [0, 0.1) is 13.8 Å². The number of aryl methyl sites for hydroxylation is 2. The van der Waals surface area contributed by atoms with Crippen LogP contribution in [0.25, 0.3) is 0 Å². The summed E-state index contributed by atoms with van der Waals surface area (Å²) in [6.07, 6.45) is 0.949. The molecule has 1 aromatic heterocycles. The van der Waals surface area contributed by atoms with Crippen LogP contribution in [0.2, 0.25) is 0 Å². The largest absolute Gasteiger partial charge is 0.437 e. The molecule has 0 aromatic carbocycles. The topological polar surface area (TPSA) is 81.2 Å². The highest BCUT2D eigenvalue weighted by Crippen LogP contribution is 2.24. The van der Waals surface area contributed by atoms with Gasteiger partial charge >= 0.3 is 0 Å². The van der Waals surface area contributed by atoms with E-state index < -0.39 is 5.54 Å². The maximum atomic E-state index is 11.5. The monoisotopic (exact) mass is 271 g/mol. The van der Waals surface area contributed by atoms with Gasteiger partial charge in [-0.25, -0.2) is 4.98 Å². The zero-order valence-electron chi connectivity index (χ0n) is 11.4. The van der Waals surface area contributed by atoms with Crippen molar-refractivity contribution < 1.29 is 9.21 Å². The molecule has 0 bridgehead atoms. The molecule has 5 nitrogen and oxygen atoms in total. The fourth-order valence-corrected chi connectivity index (χ4v) is 2.36. The Morgan fingerprint density at radius 1 is 1.56 bits per heavy atom. The van der Waals surface area contributed by atoms with Crippen LogP contribution in [0.3, 0.4) is 0 Å². The van der Waals surface area contributed by atoms with E-state index in [9.17, 15) is 4.79 Å². The third-order valence-corrected chi connectivity index (χ3v) is 3.95. The first-order chi connectivity index (χ1) is 8.39. The smallest absolute Gasteiger partial charge is 0.256 e. The van der Waals surface area contributed by atoms with Gasteiger partial charge in [-0.15, -0.1) is 0 Å². The van der Waals surface area contributed by atoms with Crippen LogP contribution < -0.4 is 11.1 Å². The number of aromatic nitrogens is 1. The molecule has 0 saturated carbocycles. The molecule has 102 valence electrons. The number of hydrogen-bond acceptors (Lipinski definition) is 5. The normalized spacial score (nSPS) is 14.4. The van der Waals surface area contributed by atoms with Gasteiger partial charge in [-0.2, -0.15) is 0 Å². The van der Waals surface area contributed by atoms with Crippen molar-refractivity contribution in [1.29, 1.82) is 0 Å². The summed E-state index contributed by atoms with van der Waals surface area (Å²) in [6.45, 7) is 8.37. The summed E-state index contributed by atoms with van der Waals surface area (Å²) in [5.41, 5.74) is 5.58. The molecule has 3 N–H and O–H groups in total. The Morgan fingerprint density at radius 2 is 2.22 bits per heavy atom. The molecule has 6 heteroatoms. The van der Waals surface area contributed by atoms with E-state index in [1.54, 1.807) is 6.92 Å². The predicted octanol–water partition coefficient (Wildman–Crippen LogP) is 1.63. The second kappa shape index (κ2) is 6.24. The number of nitrogens with two attached hydrogens (primary N) is 1. The molecular weight excluding hydrogens is 250 g/mol. The quantitative estimate of drug-likeness (QED) is 0.737. The summed E-state index contributed by atoms with van der Waals surface area (Å²) < 4.78 is 5.47. The molecule has 18 heavy (non-hydrogen) atoms. The van der Waals surface area contributed by atoms with Crippen molar-refractivity contribution in [3.8, 4) is 0 Å². The lowest BCUT2D eigenvalue weighted by atomic mass is 10.1. The van der Waals surface area contributed by atoms with E-state index in [0.717, 1.165) is 24.4 Å². The molecule has 1 aromatic rings. The van der Waals surface area contributed by atoms with Crippen LogP contribution in [0.4, 0.5) is 0 Å². The SMILES string of the molecule is CCCNC(C)(CSc1nc(C)c(C)o1)C(N)=O. The van der Waals surface area contributed by atoms with Crippen molar-refractivity contribution in [3.63, 3.8) is 0 Å². The molecule has 0 aliphatic heterocycles. The Bertz CT molecular complexity index is 400.